The van der Waals surface area contributed by atoms with Crippen LogP contribution in [0, 0.1) is 6.92 Å². The molecule has 2 aromatic carbocycles. The number of nitrogens with one attached hydrogen (secondary N) is 1. The molecule has 3 rings (SSSR count). The van der Waals surface area contributed by atoms with Gasteiger partial charge in [-0.3, -0.25) is 0 Å². The number of anilines is 2. The van der Waals surface area contributed by atoms with Gasteiger partial charge >= 0.3 is 0 Å². The Morgan fingerprint density at radius 2 is 1.83 bits per heavy atom. The van der Waals surface area contributed by atoms with Gasteiger partial charge in [0.2, 0.25) is 0 Å². The first-order chi connectivity index (χ1) is 14.0. The minimum absolute atomic E-state index is 0.572. The Morgan fingerprint density at radius 3 is 2.45 bits per heavy atom. The molecule has 0 radical (unpaired) electrons. The highest BCUT2D eigenvalue weighted by molar-refractivity contribution is 7.80. The number of benzene rings is 2. The molecular weight excluding hydrogens is 382 g/mol. The summed E-state index contributed by atoms with van der Waals surface area (Å²) in [6.07, 6.45) is 1.68. The van der Waals surface area contributed by atoms with Gasteiger partial charge in [-0.2, -0.15) is 0 Å². The highest BCUT2D eigenvalue weighted by atomic mass is 32.1. The maximum atomic E-state index is 5.76. The van der Waals surface area contributed by atoms with Crippen molar-refractivity contribution >= 4 is 28.7 Å². The Morgan fingerprint density at radius 1 is 1.07 bits per heavy atom. The van der Waals surface area contributed by atoms with E-state index in [1.165, 1.54) is 5.56 Å². The van der Waals surface area contributed by atoms with E-state index < -0.39 is 0 Å². The largest absolute Gasteiger partial charge is 0.495 e. The van der Waals surface area contributed by atoms with Crippen molar-refractivity contribution in [3.63, 3.8) is 0 Å². The van der Waals surface area contributed by atoms with Gasteiger partial charge in [0, 0.05) is 26.3 Å². The minimum Gasteiger partial charge on any atom is -0.495 e. The molecule has 0 amide bonds. The molecule has 6 heteroatoms. The summed E-state index contributed by atoms with van der Waals surface area (Å²) < 4.78 is 11.0. The van der Waals surface area contributed by atoms with Crippen molar-refractivity contribution in [3.05, 3.63) is 77.7 Å². The van der Waals surface area contributed by atoms with Crippen LogP contribution < -0.4 is 15.0 Å². The highest BCUT2D eigenvalue weighted by Gasteiger charge is 2.15. The summed E-state index contributed by atoms with van der Waals surface area (Å²) in [5.41, 5.74) is 4.32. The number of rotatable bonds is 7. The molecule has 0 saturated heterocycles. The van der Waals surface area contributed by atoms with E-state index in [4.69, 9.17) is 21.4 Å². The summed E-state index contributed by atoms with van der Waals surface area (Å²) in [4.78, 5) is 4.17. The first kappa shape index (κ1) is 20.7. The maximum absolute atomic E-state index is 5.76. The fourth-order valence-corrected chi connectivity index (χ4v) is 3.26. The van der Waals surface area contributed by atoms with E-state index >= 15 is 0 Å². The van der Waals surface area contributed by atoms with E-state index in [1.807, 2.05) is 51.4 Å². The number of aryl methyl sites for hydroxylation is 1. The summed E-state index contributed by atoms with van der Waals surface area (Å²) in [5, 5.41) is 3.96. The Labute approximate surface area is 177 Å². The zero-order valence-electron chi connectivity index (χ0n) is 17.3. The molecule has 0 atom stereocenters. The lowest BCUT2D eigenvalue weighted by Gasteiger charge is -2.26. The zero-order valence-corrected chi connectivity index (χ0v) is 18.1. The van der Waals surface area contributed by atoms with Gasteiger partial charge < -0.3 is 24.3 Å². The number of nitrogens with zero attached hydrogens (tertiary/aromatic N) is 2. The van der Waals surface area contributed by atoms with Crippen LogP contribution in [-0.4, -0.2) is 31.2 Å². The molecule has 5 nitrogen and oxygen atoms in total. The molecule has 0 fully saturated rings. The van der Waals surface area contributed by atoms with Crippen LogP contribution in [0.15, 0.2) is 65.3 Å². The lowest BCUT2D eigenvalue weighted by Crippen LogP contribution is -2.33. The Hall–Kier alpha value is -2.99. The van der Waals surface area contributed by atoms with Gasteiger partial charge in [0.25, 0.3) is 0 Å². The van der Waals surface area contributed by atoms with Crippen molar-refractivity contribution in [2.45, 2.75) is 20.0 Å². The van der Waals surface area contributed by atoms with E-state index in [9.17, 15) is 0 Å². The predicted molar refractivity (Wildman–Crippen MR) is 123 cm³/mol. The Kier molecular flexibility index (Phi) is 6.77. The van der Waals surface area contributed by atoms with Gasteiger partial charge in [-0.1, -0.05) is 18.2 Å². The molecule has 1 heterocycles. The lowest BCUT2D eigenvalue weighted by atomic mass is 10.2. The molecular formula is C23H27N3O2S. The van der Waals surface area contributed by atoms with Crippen LogP contribution >= 0.6 is 12.2 Å². The second-order valence-electron chi connectivity index (χ2n) is 7.13. The SMILES string of the molecule is COc1ccc(C)cc1NC(=S)N(Cc1ccc(N(C)C)cc1)Cc1ccco1. The van der Waals surface area contributed by atoms with Gasteiger partial charge in [0.05, 0.1) is 25.6 Å². The van der Waals surface area contributed by atoms with Gasteiger partial charge in [0.15, 0.2) is 5.11 Å². The van der Waals surface area contributed by atoms with Gasteiger partial charge in [0.1, 0.15) is 11.5 Å². The molecule has 0 aliphatic carbocycles. The molecule has 1 N–H and O–H groups in total. The first-order valence-corrected chi connectivity index (χ1v) is 9.86. The quantitative estimate of drug-likeness (QED) is 0.550. The second-order valence-corrected chi connectivity index (χ2v) is 7.52. The minimum atomic E-state index is 0.572. The van der Waals surface area contributed by atoms with Crippen LogP contribution in [0.2, 0.25) is 0 Å². The van der Waals surface area contributed by atoms with Crippen molar-refractivity contribution in [1.82, 2.24) is 4.90 Å². The van der Waals surface area contributed by atoms with Crippen molar-refractivity contribution in [2.24, 2.45) is 0 Å². The highest BCUT2D eigenvalue weighted by Crippen LogP contribution is 2.26. The van der Waals surface area contributed by atoms with Crippen LogP contribution in [0.3, 0.4) is 0 Å². The van der Waals surface area contributed by atoms with E-state index in [0.717, 1.165) is 28.4 Å². The Bertz CT molecular complexity index is 937. The van der Waals surface area contributed by atoms with Crippen molar-refractivity contribution in [3.8, 4) is 5.75 Å². The zero-order chi connectivity index (χ0) is 20.8. The summed E-state index contributed by atoms with van der Waals surface area (Å²) in [6.45, 7) is 3.28. The monoisotopic (exact) mass is 409 g/mol. The van der Waals surface area contributed by atoms with E-state index in [1.54, 1.807) is 13.4 Å². The average Bonchev–Trinajstić information content (AvgIpc) is 3.21. The van der Waals surface area contributed by atoms with Crippen LogP contribution in [0.5, 0.6) is 5.75 Å². The molecule has 0 bridgehead atoms. The normalized spacial score (nSPS) is 10.5. The molecule has 0 spiro atoms. The molecule has 29 heavy (non-hydrogen) atoms. The lowest BCUT2D eigenvalue weighted by molar-refractivity contribution is 0.360. The van der Waals surface area contributed by atoms with Crippen molar-refractivity contribution in [1.29, 1.82) is 0 Å². The third kappa shape index (κ3) is 5.51. The summed E-state index contributed by atoms with van der Waals surface area (Å²) in [5.74, 6) is 1.61. The predicted octanol–water partition coefficient (Wildman–Crippen LogP) is 5.06. The topological polar surface area (TPSA) is 40.9 Å². The van der Waals surface area contributed by atoms with E-state index in [0.29, 0.717) is 18.2 Å². The fourth-order valence-electron chi connectivity index (χ4n) is 3.02. The molecule has 1 aromatic heterocycles. The second kappa shape index (κ2) is 9.47. The van der Waals surface area contributed by atoms with Gasteiger partial charge in [-0.05, 0) is 66.7 Å². The van der Waals surface area contributed by atoms with Crippen molar-refractivity contribution in [2.75, 3.05) is 31.4 Å². The third-order valence-electron chi connectivity index (χ3n) is 4.64. The van der Waals surface area contributed by atoms with Crippen LogP contribution in [0.4, 0.5) is 11.4 Å². The smallest absolute Gasteiger partial charge is 0.174 e. The number of hydrogen-bond acceptors (Lipinski definition) is 4. The standard InChI is InChI=1S/C23H27N3O2S/c1-17-7-12-22(27-4)21(14-17)24-23(29)26(16-20-6-5-13-28-20)15-18-8-10-19(11-9-18)25(2)3/h5-14H,15-16H2,1-4H3,(H,24,29). The third-order valence-corrected chi connectivity index (χ3v) is 5.00. The van der Waals surface area contributed by atoms with Crippen molar-refractivity contribution < 1.29 is 9.15 Å². The molecule has 0 saturated carbocycles. The summed E-state index contributed by atoms with van der Waals surface area (Å²) >= 11 is 5.76. The molecule has 152 valence electrons. The summed E-state index contributed by atoms with van der Waals surface area (Å²) in [7, 11) is 5.73. The van der Waals surface area contributed by atoms with Gasteiger partial charge in [-0.15, -0.1) is 0 Å². The molecule has 0 aliphatic rings. The number of methoxy groups -OCH3 is 1. The van der Waals surface area contributed by atoms with Gasteiger partial charge in [-0.25, -0.2) is 0 Å². The number of hydrogen-bond donors (Lipinski definition) is 1. The average molecular weight is 410 g/mol. The number of furan rings is 1. The maximum Gasteiger partial charge on any atom is 0.174 e. The van der Waals surface area contributed by atoms with Crippen LogP contribution in [0.1, 0.15) is 16.9 Å². The van der Waals surface area contributed by atoms with Crippen LogP contribution in [0.25, 0.3) is 0 Å². The first-order valence-electron chi connectivity index (χ1n) is 9.45. The molecule has 0 unspecified atom stereocenters. The number of thiocarbonyl (C=S) groups is 1. The molecule has 3 aromatic rings. The molecule has 0 aliphatic heterocycles. The van der Waals surface area contributed by atoms with E-state index in [2.05, 4.69) is 39.4 Å². The summed E-state index contributed by atoms with van der Waals surface area (Å²) in [6, 6.07) is 18.3. The Balaban J connectivity index is 1.81. The fraction of sp³-hybridized carbons (Fsp3) is 0.261. The number of ether oxygens (including phenoxy) is 1. The van der Waals surface area contributed by atoms with Crippen LogP contribution in [-0.2, 0) is 13.1 Å². The van der Waals surface area contributed by atoms with E-state index in [-0.39, 0.29) is 0 Å².